The number of aromatic nitrogens is 1. The van der Waals surface area contributed by atoms with Crippen molar-refractivity contribution in [2.75, 3.05) is 0 Å². The summed E-state index contributed by atoms with van der Waals surface area (Å²) in [5, 5.41) is 2.76. The Balaban J connectivity index is 1.67. The van der Waals surface area contributed by atoms with Gasteiger partial charge in [-0.3, -0.25) is 0 Å². The third-order valence-corrected chi connectivity index (χ3v) is 7.84. The first-order chi connectivity index (χ1) is 15.2. The summed E-state index contributed by atoms with van der Waals surface area (Å²) in [7, 11) is 2.21. The van der Waals surface area contributed by atoms with Crippen molar-refractivity contribution < 1.29 is 0 Å². The number of nitrogens with zero attached hydrogens (tertiary/aromatic N) is 1. The zero-order valence-electron chi connectivity index (χ0n) is 18.7. The number of hydrogen-bond donors (Lipinski definition) is 0. The molecule has 6 rings (SSSR count). The zero-order valence-corrected chi connectivity index (χ0v) is 18.7. The molecule has 0 bridgehead atoms. The second-order valence-corrected chi connectivity index (χ2v) is 9.28. The van der Waals surface area contributed by atoms with E-state index in [1.54, 1.807) is 11.1 Å². The predicted molar refractivity (Wildman–Crippen MR) is 134 cm³/mol. The summed E-state index contributed by atoms with van der Waals surface area (Å²) in [5.41, 5.74) is 11.5. The van der Waals surface area contributed by atoms with E-state index in [1.807, 2.05) is 0 Å². The standard InChI is InChI=1S/C30H29N/c1-4-10-20(5-2)21-13-14-28-24(17-21)25-18-27-23(19-29(25)31(28)3)22-11-6-7-12-26(22)30(27)15-8-9-16-30/h4-7,10-14,17-19H,8-9,15-16H2,1-3H3/b10-4-,20-5+. The normalized spacial score (nSPS) is 17.3. The Morgan fingerprint density at radius 2 is 1.61 bits per heavy atom. The molecule has 1 heterocycles. The van der Waals surface area contributed by atoms with Gasteiger partial charge in [-0.15, -0.1) is 0 Å². The molecule has 1 fully saturated rings. The van der Waals surface area contributed by atoms with Crippen LogP contribution in [0.4, 0.5) is 0 Å². The molecule has 1 aromatic heterocycles. The van der Waals surface area contributed by atoms with Crippen LogP contribution in [0, 0.1) is 0 Å². The number of hydrogen-bond acceptors (Lipinski definition) is 0. The van der Waals surface area contributed by atoms with Gasteiger partial charge in [-0.05, 0) is 84.3 Å². The van der Waals surface area contributed by atoms with E-state index < -0.39 is 0 Å². The fourth-order valence-electron chi connectivity index (χ4n) is 6.39. The minimum atomic E-state index is 0.222. The van der Waals surface area contributed by atoms with Gasteiger partial charge in [-0.25, -0.2) is 0 Å². The Hall–Kier alpha value is -3.06. The van der Waals surface area contributed by atoms with E-state index in [0.29, 0.717) is 0 Å². The lowest BCUT2D eigenvalue weighted by atomic mass is 9.76. The Bertz CT molecular complexity index is 1400. The molecular weight excluding hydrogens is 374 g/mol. The third-order valence-electron chi connectivity index (χ3n) is 7.84. The minimum Gasteiger partial charge on any atom is -0.344 e. The molecule has 4 aromatic rings. The van der Waals surface area contributed by atoms with Crippen molar-refractivity contribution in [3.05, 3.63) is 89.5 Å². The number of benzene rings is 3. The molecule has 2 aliphatic carbocycles. The summed E-state index contributed by atoms with van der Waals surface area (Å²) in [5.74, 6) is 0. The molecule has 1 heteroatoms. The molecule has 0 atom stereocenters. The highest BCUT2D eigenvalue weighted by molar-refractivity contribution is 6.11. The molecular formula is C30H29N. The smallest absolute Gasteiger partial charge is 0.0495 e. The van der Waals surface area contributed by atoms with Gasteiger partial charge in [0, 0.05) is 34.3 Å². The lowest BCUT2D eigenvalue weighted by molar-refractivity contribution is 0.550. The van der Waals surface area contributed by atoms with Crippen LogP contribution in [-0.4, -0.2) is 4.57 Å². The van der Waals surface area contributed by atoms with E-state index >= 15 is 0 Å². The molecule has 0 amide bonds. The molecule has 154 valence electrons. The SMILES string of the molecule is C/C=C\C(=C/C)c1ccc2c(c1)c1cc3c(cc1n2C)-c1ccccc1C31CCCC1. The second kappa shape index (κ2) is 6.72. The lowest BCUT2D eigenvalue weighted by Crippen LogP contribution is -2.20. The molecule has 0 aliphatic heterocycles. The van der Waals surface area contributed by atoms with Crippen molar-refractivity contribution >= 4 is 27.4 Å². The van der Waals surface area contributed by atoms with E-state index in [4.69, 9.17) is 0 Å². The van der Waals surface area contributed by atoms with Crippen molar-refractivity contribution in [2.24, 2.45) is 7.05 Å². The van der Waals surface area contributed by atoms with Crippen LogP contribution in [0.1, 0.15) is 56.2 Å². The van der Waals surface area contributed by atoms with Crippen molar-refractivity contribution in [3.8, 4) is 11.1 Å². The highest BCUT2D eigenvalue weighted by atomic mass is 14.9. The van der Waals surface area contributed by atoms with E-state index in [1.165, 1.54) is 69.8 Å². The topological polar surface area (TPSA) is 4.93 Å². The fourth-order valence-corrected chi connectivity index (χ4v) is 6.39. The average Bonchev–Trinajstić information content (AvgIpc) is 3.48. The number of aryl methyl sites for hydroxylation is 1. The van der Waals surface area contributed by atoms with Crippen LogP contribution in [0.5, 0.6) is 0 Å². The van der Waals surface area contributed by atoms with Crippen LogP contribution in [0.3, 0.4) is 0 Å². The molecule has 2 aliphatic rings. The van der Waals surface area contributed by atoms with Crippen LogP contribution in [0.25, 0.3) is 38.5 Å². The fraction of sp³-hybridized carbons (Fsp3) is 0.267. The highest BCUT2D eigenvalue weighted by Crippen LogP contribution is 2.57. The van der Waals surface area contributed by atoms with Gasteiger partial charge in [0.15, 0.2) is 0 Å². The third kappa shape index (κ3) is 2.44. The van der Waals surface area contributed by atoms with Gasteiger partial charge >= 0.3 is 0 Å². The molecule has 0 N–H and O–H groups in total. The highest BCUT2D eigenvalue weighted by Gasteiger charge is 2.45. The molecule has 0 radical (unpaired) electrons. The van der Waals surface area contributed by atoms with E-state index in [0.717, 1.165) is 0 Å². The number of fused-ring (bicyclic) bond motifs is 8. The van der Waals surface area contributed by atoms with Gasteiger partial charge in [0.2, 0.25) is 0 Å². The largest absolute Gasteiger partial charge is 0.344 e. The van der Waals surface area contributed by atoms with E-state index in [9.17, 15) is 0 Å². The van der Waals surface area contributed by atoms with Gasteiger partial charge in [-0.1, -0.05) is 61.4 Å². The Morgan fingerprint density at radius 3 is 2.39 bits per heavy atom. The van der Waals surface area contributed by atoms with Crippen LogP contribution in [-0.2, 0) is 12.5 Å². The number of allylic oxidation sites excluding steroid dienone is 4. The first kappa shape index (κ1) is 18.7. The summed E-state index contributed by atoms with van der Waals surface area (Å²) in [4.78, 5) is 0. The minimum absolute atomic E-state index is 0.222. The summed E-state index contributed by atoms with van der Waals surface area (Å²) in [6.45, 7) is 4.21. The van der Waals surface area contributed by atoms with Crippen molar-refractivity contribution in [1.82, 2.24) is 4.57 Å². The van der Waals surface area contributed by atoms with Crippen molar-refractivity contribution in [1.29, 1.82) is 0 Å². The van der Waals surface area contributed by atoms with Gasteiger partial charge in [0.25, 0.3) is 0 Å². The van der Waals surface area contributed by atoms with Gasteiger partial charge < -0.3 is 4.57 Å². The maximum Gasteiger partial charge on any atom is 0.0495 e. The summed E-state index contributed by atoms with van der Waals surface area (Å²) >= 11 is 0. The first-order valence-corrected chi connectivity index (χ1v) is 11.6. The lowest BCUT2D eigenvalue weighted by Gasteiger charge is -2.26. The van der Waals surface area contributed by atoms with E-state index in [-0.39, 0.29) is 5.41 Å². The van der Waals surface area contributed by atoms with Crippen molar-refractivity contribution in [2.45, 2.75) is 44.9 Å². The van der Waals surface area contributed by atoms with Crippen LogP contribution in [0.15, 0.2) is 72.8 Å². The maximum atomic E-state index is 2.55. The Morgan fingerprint density at radius 1 is 0.839 bits per heavy atom. The van der Waals surface area contributed by atoms with Crippen LogP contribution >= 0.6 is 0 Å². The van der Waals surface area contributed by atoms with Crippen LogP contribution in [0.2, 0.25) is 0 Å². The van der Waals surface area contributed by atoms with E-state index in [2.05, 4.69) is 98.3 Å². The summed E-state index contributed by atoms with van der Waals surface area (Å²) in [6, 6.07) is 21.1. The van der Waals surface area contributed by atoms with Gasteiger partial charge in [-0.2, -0.15) is 0 Å². The second-order valence-electron chi connectivity index (χ2n) is 9.28. The molecule has 1 nitrogen and oxygen atoms in total. The average molecular weight is 404 g/mol. The maximum absolute atomic E-state index is 2.55. The molecule has 0 saturated heterocycles. The van der Waals surface area contributed by atoms with Crippen molar-refractivity contribution in [3.63, 3.8) is 0 Å². The summed E-state index contributed by atoms with van der Waals surface area (Å²) in [6.07, 6.45) is 11.8. The molecule has 31 heavy (non-hydrogen) atoms. The predicted octanol–water partition coefficient (Wildman–Crippen LogP) is 8.15. The zero-order chi connectivity index (χ0) is 21.2. The monoisotopic (exact) mass is 403 g/mol. The molecule has 3 aromatic carbocycles. The molecule has 0 unspecified atom stereocenters. The number of rotatable bonds is 2. The quantitative estimate of drug-likeness (QED) is 0.298. The van der Waals surface area contributed by atoms with Gasteiger partial charge in [0.05, 0.1) is 0 Å². The molecule has 1 spiro atoms. The van der Waals surface area contributed by atoms with Gasteiger partial charge in [0.1, 0.15) is 0 Å². The Labute approximate surface area is 184 Å². The summed E-state index contributed by atoms with van der Waals surface area (Å²) < 4.78 is 2.38. The molecule has 1 saturated carbocycles. The van der Waals surface area contributed by atoms with Crippen LogP contribution < -0.4 is 0 Å². The first-order valence-electron chi connectivity index (χ1n) is 11.6. The Kier molecular flexibility index (Phi) is 4.05.